The van der Waals surface area contributed by atoms with Crippen molar-refractivity contribution < 1.29 is 18.0 Å². The Balaban J connectivity index is 2.07. The highest BCUT2D eigenvalue weighted by Gasteiger charge is 2.19. The molecule has 0 aliphatic heterocycles. The van der Waals surface area contributed by atoms with Gasteiger partial charge in [-0.1, -0.05) is 12.1 Å². The third kappa shape index (κ3) is 3.48. The molecule has 0 aliphatic carbocycles. The molecule has 0 spiro atoms. The van der Waals surface area contributed by atoms with Crippen LogP contribution < -0.4 is 16.5 Å². The SMILES string of the molecule is NC(=O)c1nc2c(cc1F)c(=O)cc(Nc1cccc(F)c1)n2-c1cccc(F)c1. The number of nitrogens with zero attached hydrogens (tertiary/aromatic N) is 2. The highest BCUT2D eigenvalue weighted by Crippen LogP contribution is 2.26. The van der Waals surface area contributed by atoms with E-state index in [1.54, 1.807) is 6.07 Å². The van der Waals surface area contributed by atoms with Crippen molar-refractivity contribution in [1.82, 2.24) is 9.55 Å². The molecule has 0 bridgehead atoms. The average Bonchev–Trinajstić information content (AvgIpc) is 2.68. The maximum atomic E-state index is 14.2. The number of nitrogens with one attached hydrogen (secondary N) is 1. The van der Waals surface area contributed by atoms with E-state index in [0.29, 0.717) is 5.69 Å². The Morgan fingerprint density at radius 3 is 2.33 bits per heavy atom. The van der Waals surface area contributed by atoms with Crippen LogP contribution in [0.15, 0.2) is 65.5 Å². The molecule has 9 heteroatoms. The van der Waals surface area contributed by atoms with Crippen molar-refractivity contribution in [3.05, 3.63) is 94.0 Å². The van der Waals surface area contributed by atoms with Crippen LogP contribution in [0.5, 0.6) is 0 Å². The van der Waals surface area contributed by atoms with Gasteiger partial charge in [0.2, 0.25) is 0 Å². The molecule has 6 nitrogen and oxygen atoms in total. The third-order valence-electron chi connectivity index (χ3n) is 4.34. The maximum absolute atomic E-state index is 14.2. The molecule has 0 aliphatic rings. The normalized spacial score (nSPS) is 10.9. The zero-order valence-electron chi connectivity index (χ0n) is 15.2. The molecule has 4 aromatic rings. The smallest absolute Gasteiger partial charge is 0.270 e. The summed E-state index contributed by atoms with van der Waals surface area (Å²) in [6.07, 6.45) is 0. The number of carbonyl (C=O) groups excluding carboxylic acids is 1. The van der Waals surface area contributed by atoms with Crippen LogP contribution in [0.2, 0.25) is 0 Å². The molecule has 0 saturated heterocycles. The molecule has 2 heterocycles. The number of anilines is 2. The largest absolute Gasteiger partial charge is 0.364 e. The summed E-state index contributed by atoms with van der Waals surface area (Å²) in [6, 6.07) is 12.8. The van der Waals surface area contributed by atoms with Gasteiger partial charge in [-0.05, 0) is 42.5 Å². The summed E-state index contributed by atoms with van der Waals surface area (Å²) in [6.45, 7) is 0. The predicted molar refractivity (Wildman–Crippen MR) is 105 cm³/mol. The monoisotopic (exact) mass is 410 g/mol. The fourth-order valence-corrected chi connectivity index (χ4v) is 3.07. The first-order valence-electron chi connectivity index (χ1n) is 8.68. The highest BCUT2D eigenvalue weighted by atomic mass is 19.1. The zero-order valence-corrected chi connectivity index (χ0v) is 15.2. The summed E-state index contributed by atoms with van der Waals surface area (Å²) in [5, 5.41) is 2.73. The molecule has 3 N–H and O–H groups in total. The zero-order chi connectivity index (χ0) is 21.4. The number of primary amides is 1. The molecular formula is C21H13F3N4O2. The van der Waals surface area contributed by atoms with E-state index in [-0.39, 0.29) is 22.5 Å². The van der Waals surface area contributed by atoms with E-state index in [1.165, 1.54) is 41.0 Å². The highest BCUT2D eigenvalue weighted by molar-refractivity contribution is 5.94. The van der Waals surface area contributed by atoms with Crippen LogP contribution in [0.3, 0.4) is 0 Å². The van der Waals surface area contributed by atoms with Crippen LogP contribution >= 0.6 is 0 Å². The Hall–Kier alpha value is -4.14. The summed E-state index contributed by atoms with van der Waals surface area (Å²) >= 11 is 0. The number of halogens is 3. The number of hydrogen-bond acceptors (Lipinski definition) is 4. The maximum Gasteiger partial charge on any atom is 0.270 e. The number of hydrogen-bond donors (Lipinski definition) is 2. The van der Waals surface area contributed by atoms with E-state index in [1.807, 2.05) is 0 Å². The number of pyridine rings is 2. The molecule has 0 unspecified atom stereocenters. The number of rotatable bonds is 4. The van der Waals surface area contributed by atoms with Crippen LogP contribution in [0, 0.1) is 17.5 Å². The van der Waals surface area contributed by atoms with Gasteiger partial charge in [-0.2, -0.15) is 0 Å². The number of amides is 1. The standard InChI is InChI=1S/C21H13F3N4O2/c22-11-3-1-5-13(7-11)26-18-10-17(29)15-9-16(24)19(20(25)30)27-21(15)28(18)14-6-2-4-12(23)8-14/h1-10,26H,(H2,25,30). The molecule has 0 saturated carbocycles. The molecule has 1 amide bonds. The van der Waals surface area contributed by atoms with E-state index in [9.17, 15) is 22.8 Å². The fraction of sp³-hybridized carbons (Fsp3) is 0. The van der Waals surface area contributed by atoms with Crippen LogP contribution in [-0.2, 0) is 0 Å². The summed E-state index contributed by atoms with van der Waals surface area (Å²) in [5.41, 5.74) is 4.31. The van der Waals surface area contributed by atoms with Crippen molar-refractivity contribution in [3.8, 4) is 5.69 Å². The van der Waals surface area contributed by atoms with Crippen molar-refractivity contribution in [2.75, 3.05) is 5.32 Å². The van der Waals surface area contributed by atoms with Gasteiger partial charge in [-0.25, -0.2) is 18.2 Å². The molecular weight excluding hydrogens is 397 g/mol. The molecule has 150 valence electrons. The Bertz CT molecular complexity index is 1370. The second-order valence-corrected chi connectivity index (χ2v) is 6.40. The van der Waals surface area contributed by atoms with Crippen LogP contribution in [0.1, 0.15) is 10.5 Å². The van der Waals surface area contributed by atoms with Gasteiger partial charge in [0, 0.05) is 11.8 Å². The average molecular weight is 410 g/mol. The fourth-order valence-electron chi connectivity index (χ4n) is 3.07. The molecule has 0 radical (unpaired) electrons. The first-order valence-corrected chi connectivity index (χ1v) is 8.68. The van der Waals surface area contributed by atoms with Crippen molar-refractivity contribution in [2.45, 2.75) is 0 Å². The molecule has 30 heavy (non-hydrogen) atoms. The second-order valence-electron chi connectivity index (χ2n) is 6.40. The lowest BCUT2D eigenvalue weighted by molar-refractivity contribution is 0.0991. The second kappa shape index (κ2) is 7.36. The number of benzene rings is 2. The van der Waals surface area contributed by atoms with E-state index in [4.69, 9.17) is 5.73 Å². The molecule has 0 fully saturated rings. The van der Waals surface area contributed by atoms with Crippen LogP contribution in [-0.4, -0.2) is 15.5 Å². The summed E-state index contributed by atoms with van der Waals surface area (Å²) < 4.78 is 43.0. The lowest BCUT2D eigenvalue weighted by Gasteiger charge is -2.18. The third-order valence-corrected chi connectivity index (χ3v) is 4.34. The predicted octanol–water partition coefficient (Wildman–Crippen LogP) is 3.65. The lowest BCUT2D eigenvalue weighted by Crippen LogP contribution is -2.19. The summed E-state index contributed by atoms with van der Waals surface area (Å²) in [7, 11) is 0. The van der Waals surface area contributed by atoms with Gasteiger partial charge in [0.15, 0.2) is 22.6 Å². The quantitative estimate of drug-likeness (QED) is 0.538. The molecule has 2 aromatic heterocycles. The van der Waals surface area contributed by atoms with Gasteiger partial charge in [-0.15, -0.1) is 0 Å². The van der Waals surface area contributed by atoms with Gasteiger partial charge in [0.05, 0.1) is 11.1 Å². The first kappa shape index (κ1) is 19.2. The topological polar surface area (TPSA) is 90.0 Å². The minimum absolute atomic E-state index is 0.0956. The van der Waals surface area contributed by atoms with Crippen LogP contribution in [0.25, 0.3) is 16.7 Å². The molecule has 0 atom stereocenters. The minimum atomic E-state index is -1.13. The van der Waals surface area contributed by atoms with E-state index in [2.05, 4.69) is 10.3 Å². The van der Waals surface area contributed by atoms with Crippen molar-refractivity contribution in [2.24, 2.45) is 5.73 Å². The van der Waals surface area contributed by atoms with Gasteiger partial charge < -0.3 is 11.1 Å². The van der Waals surface area contributed by atoms with Gasteiger partial charge in [-0.3, -0.25) is 14.2 Å². The summed E-state index contributed by atoms with van der Waals surface area (Å²) in [5.74, 6) is -3.18. The van der Waals surface area contributed by atoms with Gasteiger partial charge in [0.25, 0.3) is 5.91 Å². The van der Waals surface area contributed by atoms with Crippen molar-refractivity contribution in [1.29, 1.82) is 0 Å². The number of carbonyl (C=O) groups is 1. The van der Waals surface area contributed by atoms with Crippen molar-refractivity contribution >= 4 is 28.4 Å². The lowest BCUT2D eigenvalue weighted by atomic mass is 10.2. The van der Waals surface area contributed by atoms with E-state index in [0.717, 1.165) is 18.2 Å². The number of fused-ring (bicyclic) bond motifs is 1. The Kier molecular flexibility index (Phi) is 4.71. The number of nitrogens with two attached hydrogens (primary N) is 1. The molecule has 4 rings (SSSR count). The van der Waals surface area contributed by atoms with E-state index >= 15 is 0 Å². The van der Waals surface area contributed by atoms with Crippen LogP contribution in [0.4, 0.5) is 24.7 Å². The Morgan fingerprint density at radius 1 is 0.967 bits per heavy atom. The summed E-state index contributed by atoms with van der Waals surface area (Å²) in [4.78, 5) is 28.1. The Labute approximate surface area is 167 Å². The number of aromatic nitrogens is 2. The Morgan fingerprint density at radius 2 is 1.67 bits per heavy atom. The van der Waals surface area contributed by atoms with E-state index < -0.39 is 34.5 Å². The van der Waals surface area contributed by atoms with Gasteiger partial charge >= 0.3 is 0 Å². The minimum Gasteiger partial charge on any atom is -0.364 e. The van der Waals surface area contributed by atoms with Gasteiger partial charge in [0.1, 0.15) is 17.5 Å². The first-order chi connectivity index (χ1) is 14.3. The molecule has 2 aromatic carbocycles. The van der Waals surface area contributed by atoms with Crippen molar-refractivity contribution in [3.63, 3.8) is 0 Å².